The van der Waals surface area contributed by atoms with Crippen LogP contribution in [0.2, 0.25) is 0 Å². The lowest BCUT2D eigenvalue weighted by atomic mass is 10.3. The highest BCUT2D eigenvalue weighted by molar-refractivity contribution is 6.30. The molecule has 1 unspecified atom stereocenters. The van der Waals surface area contributed by atoms with E-state index in [1.807, 2.05) is 17.8 Å². The molecule has 1 N–H and O–H groups in total. The topological polar surface area (TPSA) is 46.9 Å². The monoisotopic (exact) mass is 215 g/mol. The third kappa shape index (κ3) is 3.38. The molecule has 0 spiro atoms. The summed E-state index contributed by atoms with van der Waals surface area (Å²) in [6.07, 6.45) is 4.40. The first-order valence-electron chi connectivity index (χ1n) is 4.48. The van der Waals surface area contributed by atoms with Crippen LogP contribution >= 0.6 is 11.6 Å². The summed E-state index contributed by atoms with van der Waals surface area (Å²) in [4.78, 5) is 15.2. The van der Waals surface area contributed by atoms with E-state index in [1.54, 1.807) is 13.3 Å². The zero-order valence-electron chi connectivity index (χ0n) is 8.33. The number of nitrogens with zero attached hydrogens (tertiary/aromatic N) is 2. The Kier molecular flexibility index (Phi) is 3.95. The van der Waals surface area contributed by atoms with Crippen LogP contribution in [0, 0.1) is 0 Å². The zero-order chi connectivity index (χ0) is 10.6. The summed E-state index contributed by atoms with van der Waals surface area (Å²) in [6.45, 7) is 2.23. The van der Waals surface area contributed by atoms with E-state index in [0.29, 0.717) is 6.54 Å². The molecule has 78 valence electrons. The Balaban J connectivity index is 2.25. The van der Waals surface area contributed by atoms with E-state index < -0.39 is 5.38 Å². The number of nitrogens with one attached hydrogen (secondary N) is 1. The van der Waals surface area contributed by atoms with E-state index in [2.05, 4.69) is 10.3 Å². The predicted molar refractivity (Wildman–Crippen MR) is 55.2 cm³/mol. The molecule has 14 heavy (non-hydrogen) atoms. The van der Waals surface area contributed by atoms with Crippen molar-refractivity contribution in [3.8, 4) is 0 Å². The van der Waals surface area contributed by atoms with E-state index >= 15 is 0 Å². The molecule has 0 fully saturated rings. The molecule has 0 aromatic carbocycles. The zero-order valence-corrected chi connectivity index (χ0v) is 9.08. The first-order valence-corrected chi connectivity index (χ1v) is 4.92. The number of amides is 1. The van der Waals surface area contributed by atoms with Gasteiger partial charge in [0.15, 0.2) is 0 Å². The van der Waals surface area contributed by atoms with Gasteiger partial charge in [-0.1, -0.05) is 0 Å². The molecule has 0 saturated heterocycles. The van der Waals surface area contributed by atoms with Crippen LogP contribution in [-0.2, 0) is 18.3 Å². The standard InChI is InChI=1S/C9H14ClN3O/c1-7(10)9(14)11-4-3-8-5-13(2)6-12-8/h5-7H,3-4H2,1-2H3,(H,11,14). The van der Waals surface area contributed by atoms with E-state index in [9.17, 15) is 4.79 Å². The van der Waals surface area contributed by atoms with Crippen LogP contribution < -0.4 is 5.32 Å². The minimum absolute atomic E-state index is 0.136. The van der Waals surface area contributed by atoms with Gasteiger partial charge in [-0.15, -0.1) is 11.6 Å². The smallest absolute Gasteiger partial charge is 0.237 e. The van der Waals surface area contributed by atoms with E-state index in [-0.39, 0.29) is 5.91 Å². The molecular formula is C9H14ClN3O. The number of imidazole rings is 1. The molecule has 0 aliphatic rings. The SMILES string of the molecule is CC(Cl)C(=O)NCCc1cn(C)cn1. The second-order valence-corrected chi connectivity index (χ2v) is 3.84. The number of carbonyl (C=O) groups excluding carboxylic acids is 1. The van der Waals surface area contributed by atoms with E-state index in [4.69, 9.17) is 11.6 Å². The third-order valence-electron chi connectivity index (χ3n) is 1.80. The van der Waals surface area contributed by atoms with Crippen molar-refractivity contribution in [3.63, 3.8) is 0 Å². The van der Waals surface area contributed by atoms with E-state index in [1.165, 1.54) is 0 Å². The number of rotatable bonds is 4. The summed E-state index contributed by atoms with van der Waals surface area (Å²) >= 11 is 5.58. The fourth-order valence-electron chi connectivity index (χ4n) is 1.05. The molecule has 0 aliphatic heterocycles. The number of carbonyl (C=O) groups is 1. The Hall–Kier alpha value is -1.03. The third-order valence-corrected chi connectivity index (χ3v) is 2.00. The summed E-state index contributed by atoms with van der Waals surface area (Å²) in [5.41, 5.74) is 0.968. The summed E-state index contributed by atoms with van der Waals surface area (Å²) in [5.74, 6) is -0.136. The average Bonchev–Trinajstić information content (AvgIpc) is 2.51. The fraction of sp³-hybridized carbons (Fsp3) is 0.556. The predicted octanol–water partition coefficient (Wildman–Crippen LogP) is 0.706. The lowest BCUT2D eigenvalue weighted by Gasteiger charge is -2.04. The molecule has 0 bridgehead atoms. The second kappa shape index (κ2) is 5.00. The van der Waals surface area contributed by atoms with Crippen molar-refractivity contribution >= 4 is 17.5 Å². The van der Waals surface area contributed by atoms with Crippen molar-refractivity contribution in [3.05, 3.63) is 18.2 Å². The van der Waals surface area contributed by atoms with Gasteiger partial charge in [0.2, 0.25) is 5.91 Å². The molecule has 1 aromatic heterocycles. The van der Waals surface area contributed by atoms with Gasteiger partial charge in [0.25, 0.3) is 0 Å². The molecule has 4 nitrogen and oxygen atoms in total. The van der Waals surface area contributed by atoms with Crippen molar-refractivity contribution in [2.45, 2.75) is 18.7 Å². The van der Waals surface area contributed by atoms with E-state index in [0.717, 1.165) is 12.1 Å². The summed E-state index contributed by atoms with van der Waals surface area (Å²) in [7, 11) is 1.91. The van der Waals surface area contributed by atoms with Gasteiger partial charge in [-0.3, -0.25) is 4.79 Å². The Bertz CT molecular complexity index is 309. The highest BCUT2D eigenvalue weighted by Crippen LogP contribution is 1.95. The molecule has 1 aromatic rings. The van der Waals surface area contributed by atoms with Gasteiger partial charge in [-0.2, -0.15) is 0 Å². The minimum Gasteiger partial charge on any atom is -0.354 e. The lowest BCUT2D eigenvalue weighted by Crippen LogP contribution is -2.31. The van der Waals surface area contributed by atoms with Gasteiger partial charge in [0.1, 0.15) is 5.38 Å². The number of aromatic nitrogens is 2. The molecule has 5 heteroatoms. The van der Waals surface area contributed by atoms with Crippen LogP contribution in [-0.4, -0.2) is 27.4 Å². The maximum atomic E-state index is 11.1. The van der Waals surface area contributed by atoms with Gasteiger partial charge in [0.05, 0.1) is 12.0 Å². The highest BCUT2D eigenvalue weighted by atomic mass is 35.5. The van der Waals surface area contributed by atoms with Crippen molar-refractivity contribution in [2.75, 3.05) is 6.54 Å². The highest BCUT2D eigenvalue weighted by Gasteiger charge is 2.07. The minimum atomic E-state index is -0.473. The molecule has 1 rings (SSSR count). The Morgan fingerprint density at radius 3 is 3.00 bits per heavy atom. The number of aryl methyl sites for hydroxylation is 1. The maximum Gasteiger partial charge on any atom is 0.237 e. The number of hydrogen-bond acceptors (Lipinski definition) is 2. The van der Waals surface area contributed by atoms with Gasteiger partial charge in [-0.25, -0.2) is 4.98 Å². The van der Waals surface area contributed by atoms with Crippen molar-refractivity contribution in [1.82, 2.24) is 14.9 Å². The van der Waals surface area contributed by atoms with Crippen LogP contribution in [0.15, 0.2) is 12.5 Å². The quantitative estimate of drug-likeness (QED) is 0.752. The van der Waals surface area contributed by atoms with Crippen molar-refractivity contribution in [2.24, 2.45) is 7.05 Å². The van der Waals surface area contributed by atoms with Crippen LogP contribution in [0.5, 0.6) is 0 Å². The number of hydrogen-bond donors (Lipinski definition) is 1. The van der Waals surface area contributed by atoms with Crippen LogP contribution in [0.25, 0.3) is 0 Å². The van der Waals surface area contributed by atoms with Crippen LogP contribution in [0.1, 0.15) is 12.6 Å². The molecular weight excluding hydrogens is 202 g/mol. The molecule has 1 amide bonds. The van der Waals surface area contributed by atoms with Crippen molar-refractivity contribution in [1.29, 1.82) is 0 Å². The molecule has 0 radical (unpaired) electrons. The first-order chi connectivity index (χ1) is 6.59. The van der Waals surface area contributed by atoms with Gasteiger partial charge in [-0.05, 0) is 6.92 Å². The second-order valence-electron chi connectivity index (χ2n) is 3.19. The number of halogens is 1. The average molecular weight is 216 g/mol. The molecule has 1 atom stereocenters. The Morgan fingerprint density at radius 2 is 2.50 bits per heavy atom. The summed E-state index contributed by atoms with van der Waals surface area (Å²) in [5, 5.41) is 2.25. The Morgan fingerprint density at radius 1 is 1.79 bits per heavy atom. The van der Waals surface area contributed by atoms with Crippen molar-refractivity contribution < 1.29 is 4.79 Å². The van der Waals surface area contributed by atoms with Gasteiger partial charge >= 0.3 is 0 Å². The fourth-order valence-corrected chi connectivity index (χ4v) is 1.13. The van der Waals surface area contributed by atoms with Crippen LogP contribution in [0.4, 0.5) is 0 Å². The molecule has 0 aliphatic carbocycles. The maximum absolute atomic E-state index is 11.1. The van der Waals surface area contributed by atoms with Gasteiger partial charge < -0.3 is 9.88 Å². The Labute approximate surface area is 88.3 Å². The largest absolute Gasteiger partial charge is 0.354 e. The van der Waals surface area contributed by atoms with Gasteiger partial charge in [0, 0.05) is 26.2 Å². The summed E-state index contributed by atoms with van der Waals surface area (Å²) in [6, 6.07) is 0. The first kappa shape index (κ1) is 11.0. The normalized spacial score (nSPS) is 12.5. The summed E-state index contributed by atoms with van der Waals surface area (Å²) < 4.78 is 1.88. The lowest BCUT2D eigenvalue weighted by molar-refractivity contribution is -0.120. The number of alkyl halides is 1. The molecule has 1 heterocycles. The van der Waals surface area contributed by atoms with Crippen LogP contribution in [0.3, 0.4) is 0 Å². The molecule has 0 saturated carbocycles.